The lowest BCUT2D eigenvalue weighted by molar-refractivity contribution is -0.384. The van der Waals surface area contributed by atoms with E-state index >= 15 is 0 Å². The van der Waals surface area contributed by atoms with Crippen molar-refractivity contribution in [3.8, 4) is 5.69 Å². The lowest BCUT2D eigenvalue weighted by Crippen LogP contribution is -2.22. The molecule has 27 heavy (non-hydrogen) atoms. The zero-order valence-electron chi connectivity index (χ0n) is 14.6. The van der Waals surface area contributed by atoms with Crippen LogP contribution < -0.4 is 10.9 Å². The van der Waals surface area contributed by atoms with Gasteiger partial charge < -0.3 is 5.32 Å². The molecule has 3 rings (SSSR count). The number of nitrogens with zero attached hydrogens (tertiary/aromatic N) is 3. The van der Waals surface area contributed by atoms with Gasteiger partial charge in [0.1, 0.15) is 5.02 Å². The maximum absolute atomic E-state index is 12.5. The summed E-state index contributed by atoms with van der Waals surface area (Å²) in [6.45, 7) is 2.60. The van der Waals surface area contributed by atoms with Crippen molar-refractivity contribution < 1.29 is 4.92 Å². The monoisotopic (exact) mass is 384 g/mol. The number of halogens is 1. The minimum absolute atomic E-state index is 0.0114. The van der Waals surface area contributed by atoms with Gasteiger partial charge in [0.05, 0.1) is 22.5 Å². The van der Waals surface area contributed by atoms with Gasteiger partial charge in [0, 0.05) is 18.7 Å². The van der Waals surface area contributed by atoms with Crippen molar-refractivity contribution in [2.24, 2.45) is 0 Å². The van der Waals surface area contributed by atoms with Gasteiger partial charge in [-0.05, 0) is 29.7 Å². The number of anilines is 1. The molecule has 3 aromatic rings. The first-order chi connectivity index (χ1) is 13.0. The van der Waals surface area contributed by atoms with Crippen molar-refractivity contribution in [2.75, 3.05) is 5.32 Å². The summed E-state index contributed by atoms with van der Waals surface area (Å²) in [6.07, 6.45) is 2.38. The van der Waals surface area contributed by atoms with E-state index < -0.39 is 10.5 Å². The predicted octanol–water partition coefficient (Wildman–Crippen LogP) is 3.97. The Morgan fingerprint density at radius 2 is 1.81 bits per heavy atom. The number of benzene rings is 2. The van der Waals surface area contributed by atoms with Crippen LogP contribution in [0.25, 0.3) is 5.69 Å². The SMILES string of the molecule is CCc1ccccc1CNc1cnn(-c2ccc([N+](=O)[O-])cc2)c(=O)c1Cl. The molecule has 0 saturated heterocycles. The first-order valence-electron chi connectivity index (χ1n) is 8.34. The average Bonchev–Trinajstić information content (AvgIpc) is 2.69. The Hall–Kier alpha value is -3.19. The molecule has 0 aliphatic carbocycles. The van der Waals surface area contributed by atoms with E-state index in [1.165, 1.54) is 36.0 Å². The van der Waals surface area contributed by atoms with Crippen LogP contribution >= 0.6 is 11.6 Å². The zero-order chi connectivity index (χ0) is 19.4. The second kappa shape index (κ2) is 8.01. The molecule has 1 N–H and O–H groups in total. The number of rotatable bonds is 6. The first-order valence-corrected chi connectivity index (χ1v) is 8.72. The van der Waals surface area contributed by atoms with Crippen molar-refractivity contribution in [3.63, 3.8) is 0 Å². The summed E-state index contributed by atoms with van der Waals surface area (Å²) < 4.78 is 1.11. The van der Waals surface area contributed by atoms with Crippen LogP contribution in [0.5, 0.6) is 0 Å². The number of hydrogen-bond acceptors (Lipinski definition) is 5. The molecule has 7 nitrogen and oxygen atoms in total. The van der Waals surface area contributed by atoms with Crippen LogP contribution in [0.1, 0.15) is 18.1 Å². The Labute approximate surface area is 160 Å². The zero-order valence-corrected chi connectivity index (χ0v) is 15.3. The van der Waals surface area contributed by atoms with Crippen molar-refractivity contribution in [1.82, 2.24) is 9.78 Å². The Bertz CT molecular complexity index is 1030. The van der Waals surface area contributed by atoms with Crippen molar-refractivity contribution in [2.45, 2.75) is 19.9 Å². The molecule has 138 valence electrons. The van der Waals surface area contributed by atoms with Gasteiger partial charge in [0.25, 0.3) is 11.2 Å². The topological polar surface area (TPSA) is 90.1 Å². The van der Waals surface area contributed by atoms with E-state index in [9.17, 15) is 14.9 Å². The molecule has 0 amide bonds. The molecule has 0 fully saturated rings. The molecule has 0 unspecified atom stereocenters. The molecule has 8 heteroatoms. The molecule has 1 heterocycles. The van der Waals surface area contributed by atoms with Crippen LogP contribution in [-0.2, 0) is 13.0 Å². The van der Waals surface area contributed by atoms with Gasteiger partial charge in [-0.2, -0.15) is 9.78 Å². The van der Waals surface area contributed by atoms with E-state index in [0.29, 0.717) is 17.9 Å². The van der Waals surface area contributed by atoms with Crippen LogP contribution in [0.2, 0.25) is 5.02 Å². The summed E-state index contributed by atoms with van der Waals surface area (Å²) in [5, 5.41) is 18.0. The molecule has 0 aliphatic rings. The summed E-state index contributed by atoms with van der Waals surface area (Å²) >= 11 is 6.23. The molecule has 2 aromatic carbocycles. The van der Waals surface area contributed by atoms with Gasteiger partial charge in [-0.25, -0.2) is 0 Å². The number of nitrogens with one attached hydrogen (secondary N) is 1. The van der Waals surface area contributed by atoms with Crippen LogP contribution in [0.3, 0.4) is 0 Å². The minimum Gasteiger partial charge on any atom is -0.378 e. The van der Waals surface area contributed by atoms with Crippen molar-refractivity contribution in [3.05, 3.63) is 91.3 Å². The highest BCUT2D eigenvalue weighted by Gasteiger charge is 2.12. The highest BCUT2D eigenvalue weighted by atomic mass is 35.5. The Balaban J connectivity index is 1.84. The number of non-ortho nitro benzene ring substituents is 1. The Kier molecular flexibility index (Phi) is 5.52. The fraction of sp³-hybridized carbons (Fsp3) is 0.158. The van der Waals surface area contributed by atoms with E-state index in [1.807, 2.05) is 18.2 Å². The highest BCUT2D eigenvalue weighted by molar-refractivity contribution is 6.32. The second-order valence-electron chi connectivity index (χ2n) is 5.84. The quantitative estimate of drug-likeness (QED) is 0.513. The largest absolute Gasteiger partial charge is 0.378 e. The van der Waals surface area contributed by atoms with Crippen LogP contribution in [-0.4, -0.2) is 14.7 Å². The predicted molar refractivity (Wildman–Crippen MR) is 105 cm³/mol. The van der Waals surface area contributed by atoms with Crippen molar-refractivity contribution >= 4 is 23.0 Å². The number of aromatic nitrogens is 2. The second-order valence-corrected chi connectivity index (χ2v) is 6.22. The lowest BCUT2D eigenvalue weighted by Gasteiger charge is -2.12. The molecule has 0 bridgehead atoms. The van der Waals surface area contributed by atoms with Crippen molar-refractivity contribution in [1.29, 1.82) is 0 Å². The van der Waals surface area contributed by atoms with Gasteiger partial charge in [-0.3, -0.25) is 14.9 Å². The third kappa shape index (κ3) is 3.98. The van der Waals surface area contributed by atoms with E-state index in [4.69, 9.17) is 11.6 Å². The molecule has 0 atom stereocenters. The van der Waals surface area contributed by atoms with Crippen LogP contribution in [0.15, 0.2) is 59.5 Å². The van der Waals surface area contributed by atoms with Gasteiger partial charge in [-0.1, -0.05) is 42.8 Å². The molecular weight excluding hydrogens is 368 g/mol. The van der Waals surface area contributed by atoms with Gasteiger partial charge in [0.2, 0.25) is 0 Å². The van der Waals surface area contributed by atoms with E-state index in [2.05, 4.69) is 23.4 Å². The minimum atomic E-state index is -0.506. The molecule has 0 saturated carbocycles. The summed E-state index contributed by atoms with van der Waals surface area (Å²) in [5.74, 6) is 0. The molecule has 0 spiro atoms. The molecular formula is C19H17ClN4O3. The normalized spacial score (nSPS) is 10.6. The number of nitro groups is 1. The number of nitro benzene ring substituents is 1. The molecule has 0 aliphatic heterocycles. The maximum atomic E-state index is 12.5. The highest BCUT2D eigenvalue weighted by Crippen LogP contribution is 2.20. The summed E-state index contributed by atoms with van der Waals surface area (Å²) in [5.41, 5.74) is 2.61. The van der Waals surface area contributed by atoms with E-state index in [0.717, 1.165) is 16.7 Å². The summed E-state index contributed by atoms with van der Waals surface area (Å²) in [7, 11) is 0. The maximum Gasteiger partial charge on any atom is 0.292 e. The van der Waals surface area contributed by atoms with Gasteiger partial charge in [-0.15, -0.1) is 0 Å². The number of hydrogen-bond donors (Lipinski definition) is 1. The fourth-order valence-electron chi connectivity index (χ4n) is 2.72. The van der Waals surface area contributed by atoms with E-state index in [1.54, 1.807) is 0 Å². The average molecular weight is 385 g/mol. The summed E-state index contributed by atoms with van der Waals surface area (Å²) in [4.78, 5) is 22.8. The summed E-state index contributed by atoms with van der Waals surface area (Å²) in [6, 6.07) is 13.6. The Morgan fingerprint density at radius 3 is 2.44 bits per heavy atom. The third-order valence-corrected chi connectivity index (χ3v) is 4.56. The third-order valence-electron chi connectivity index (χ3n) is 4.19. The lowest BCUT2D eigenvalue weighted by atomic mass is 10.1. The molecule has 1 aromatic heterocycles. The van der Waals surface area contributed by atoms with Crippen LogP contribution in [0.4, 0.5) is 11.4 Å². The molecule has 0 radical (unpaired) electrons. The number of aryl methyl sites for hydroxylation is 1. The Morgan fingerprint density at radius 1 is 1.15 bits per heavy atom. The smallest absolute Gasteiger partial charge is 0.292 e. The standard InChI is InChI=1S/C19H17ClN4O3/c1-2-13-5-3-4-6-14(13)11-21-17-12-22-23(19(25)18(17)20)15-7-9-16(10-8-15)24(26)27/h3-10,12,21H,2,11H2,1H3. The van der Waals surface area contributed by atoms with Crippen LogP contribution in [0, 0.1) is 10.1 Å². The van der Waals surface area contributed by atoms with Gasteiger partial charge >= 0.3 is 0 Å². The van der Waals surface area contributed by atoms with Gasteiger partial charge in [0.15, 0.2) is 0 Å². The fourth-order valence-corrected chi connectivity index (χ4v) is 2.92. The first kappa shape index (κ1) is 18.6. The van der Waals surface area contributed by atoms with E-state index in [-0.39, 0.29) is 10.7 Å².